The van der Waals surface area contributed by atoms with E-state index >= 15 is 0 Å². The monoisotopic (exact) mass is 239 g/mol. The first-order chi connectivity index (χ1) is 8.15. The third kappa shape index (κ3) is 2.82. The van der Waals surface area contributed by atoms with E-state index in [0.29, 0.717) is 5.92 Å². The number of nitrogens with one attached hydrogen (secondary N) is 1. The number of carbonyl (C=O) groups excluding carboxylic acids is 1. The second-order valence-electron chi connectivity index (χ2n) is 5.88. The molecule has 1 aliphatic heterocycles. The first-order valence-electron chi connectivity index (χ1n) is 7.07. The Hall–Kier alpha value is -0.570. The maximum Gasteiger partial charge on any atom is 0.313 e. The van der Waals surface area contributed by atoms with Gasteiger partial charge in [-0.15, -0.1) is 0 Å². The maximum atomic E-state index is 12.2. The molecular formula is C14H25NO2. The Balaban J connectivity index is 1.92. The Morgan fingerprint density at radius 1 is 1.41 bits per heavy atom. The van der Waals surface area contributed by atoms with Crippen molar-refractivity contribution in [2.45, 2.75) is 58.5 Å². The van der Waals surface area contributed by atoms with Crippen LogP contribution in [0.1, 0.15) is 52.4 Å². The quantitative estimate of drug-likeness (QED) is 0.769. The summed E-state index contributed by atoms with van der Waals surface area (Å²) in [5, 5.41) is 3.26. The third-order valence-corrected chi connectivity index (χ3v) is 4.48. The van der Waals surface area contributed by atoms with Crippen molar-refractivity contribution in [1.29, 1.82) is 0 Å². The summed E-state index contributed by atoms with van der Waals surface area (Å²) >= 11 is 0. The second-order valence-corrected chi connectivity index (χ2v) is 5.88. The molecule has 3 heteroatoms. The van der Waals surface area contributed by atoms with Gasteiger partial charge in [0.1, 0.15) is 6.10 Å². The minimum absolute atomic E-state index is 0.0212. The lowest BCUT2D eigenvalue weighted by Gasteiger charge is -2.33. The van der Waals surface area contributed by atoms with E-state index in [0.717, 1.165) is 32.4 Å². The van der Waals surface area contributed by atoms with E-state index in [2.05, 4.69) is 12.2 Å². The molecule has 2 aliphatic rings. The lowest BCUT2D eigenvalue weighted by Crippen LogP contribution is -2.38. The van der Waals surface area contributed by atoms with Crippen molar-refractivity contribution >= 4 is 5.97 Å². The maximum absolute atomic E-state index is 12.2. The van der Waals surface area contributed by atoms with Crippen LogP contribution in [0.15, 0.2) is 0 Å². The molecule has 0 aromatic rings. The minimum atomic E-state index is -0.282. The summed E-state index contributed by atoms with van der Waals surface area (Å²) in [6.07, 6.45) is 7.02. The number of esters is 1. The van der Waals surface area contributed by atoms with E-state index in [4.69, 9.17) is 4.74 Å². The number of hydrogen-bond donors (Lipinski definition) is 1. The number of ether oxygens (including phenoxy) is 1. The van der Waals surface area contributed by atoms with Gasteiger partial charge in [-0.2, -0.15) is 0 Å². The molecule has 3 atom stereocenters. The fourth-order valence-electron chi connectivity index (χ4n) is 3.07. The van der Waals surface area contributed by atoms with Gasteiger partial charge in [-0.3, -0.25) is 4.79 Å². The van der Waals surface area contributed by atoms with Gasteiger partial charge in [-0.25, -0.2) is 0 Å². The van der Waals surface area contributed by atoms with Crippen LogP contribution in [0, 0.1) is 11.3 Å². The van der Waals surface area contributed by atoms with Gasteiger partial charge in [0.05, 0.1) is 5.41 Å². The molecule has 3 nitrogen and oxygen atoms in total. The molecule has 98 valence electrons. The molecule has 1 saturated carbocycles. The van der Waals surface area contributed by atoms with Crippen LogP contribution >= 0.6 is 0 Å². The lowest BCUT2D eigenvalue weighted by atomic mass is 9.84. The summed E-state index contributed by atoms with van der Waals surface area (Å²) in [5.41, 5.74) is -0.282. The molecule has 1 aliphatic carbocycles. The predicted octanol–water partition coefficient (Wildman–Crippen LogP) is 2.50. The standard InChI is InChI=1S/C14H25NO2/c1-3-11-6-4-5-7-12(11)17-13(16)14(2)8-9-15-10-14/h11-12,15H,3-10H2,1-2H3. The van der Waals surface area contributed by atoms with Crippen molar-refractivity contribution in [3.63, 3.8) is 0 Å². The van der Waals surface area contributed by atoms with Gasteiger partial charge in [0.25, 0.3) is 0 Å². The Morgan fingerprint density at radius 2 is 2.18 bits per heavy atom. The molecule has 0 bridgehead atoms. The van der Waals surface area contributed by atoms with Crippen molar-refractivity contribution in [3.8, 4) is 0 Å². The minimum Gasteiger partial charge on any atom is -0.462 e. The molecule has 0 amide bonds. The SMILES string of the molecule is CCC1CCCCC1OC(=O)C1(C)CCNC1. The first kappa shape index (κ1) is 12.9. The number of hydrogen-bond acceptors (Lipinski definition) is 3. The highest BCUT2D eigenvalue weighted by atomic mass is 16.5. The first-order valence-corrected chi connectivity index (χ1v) is 7.07. The van der Waals surface area contributed by atoms with Crippen LogP contribution < -0.4 is 5.32 Å². The summed E-state index contributed by atoms with van der Waals surface area (Å²) in [7, 11) is 0. The molecular weight excluding hydrogens is 214 g/mol. The molecule has 0 spiro atoms. The summed E-state index contributed by atoms with van der Waals surface area (Å²) in [4.78, 5) is 12.2. The highest BCUT2D eigenvalue weighted by Crippen LogP contribution is 2.33. The molecule has 0 radical (unpaired) electrons. The molecule has 1 saturated heterocycles. The van der Waals surface area contributed by atoms with Crippen molar-refractivity contribution in [2.24, 2.45) is 11.3 Å². The van der Waals surface area contributed by atoms with Gasteiger partial charge in [-0.1, -0.05) is 13.3 Å². The van der Waals surface area contributed by atoms with Crippen LogP contribution in [0.4, 0.5) is 0 Å². The fourth-order valence-corrected chi connectivity index (χ4v) is 3.07. The highest BCUT2D eigenvalue weighted by molar-refractivity contribution is 5.77. The summed E-state index contributed by atoms with van der Waals surface area (Å²) in [6, 6.07) is 0. The van der Waals surface area contributed by atoms with Gasteiger partial charge in [0.15, 0.2) is 0 Å². The summed E-state index contributed by atoms with van der Waals surface area (Å²) in [5.74, 6) is 0.610. The van der Waals surface area contributed by atoms with Gasteiger partial charge >= 0.3 is 5.97 Å². The molecule has 17 heavy (non-hydrogen) atoms. The predicted molar refractivity (Wildman–Crippen MR) is 67.7 cm³/mol. The second kappa shape index (κ2) is 5.38. The molecule has 2 fully saturated rings. The smallest absolute Gasteiger partial charge is 0.313 e. The topological polar surface area (TPSA) is 38.3 Å². The van der Waals surface area contributed by atoms with E-state index < -0.39 is 0 Å². The highest BCUT2D eigenvalue weighted by Gasteiger charge is 2.40. The van der Waals surface area contributed by atoms with Crippen LogP contribution in [0.25, 0.3) is 0 Å². The van der Waals surface area contributed by atoms with Gasteiger partial charge < -0.3 is 10.1 Å². The largest absolute Gasteiger partial charge is 0.462 e. The molecule has 2 rings (SSSR count). The van der Waals surface area contributed by atoms with Crippen molar-refractivity contribution in [1.82, 2.24) is 5.32 Å². The van der Waals surface area contributed by atoms with Crippen LogP contribution in [-0.2, 0) is 9.53 Å². The average molecular weight is 239 g/mol. The van der Waals surface area contributed by atoms with Crippen molar-refractivity contribution < 1.29 is 9.53 Å². The van der Waals surface area contributed by atoms with E-state index in [1.807, 2.05) is 6.92 Å². The van der Waals surface area contributed by atoms with E-state index in [1.165, 1.54) is 19.3 Å². The fraction of sp³-hybridized carbons (Fsp3) is 0.929. The zero-order valence-electron chi connectivity index (χ0n) is 11.1. The van der Waals surface area contributed by atoms with Gasteiger partial charge in [-0.05, 0) is 51.5 Å². The Morgan fingerprint density at radius 3 is 2.82 bits per heavy atom. The number of rotatable bonds is 3. The lowest BCUT2D eigenvalue weighted by molar-refractivity contribution is -0.164. The van der Waals surface area contributed by atoms with Gasteiger partial charge in [0.2, 0.25) is 0 Å². The normalized spacial score (nSPS) is 38.0. The molecule has 1 heterocycles. The average Bonchev–Trinajstić information content (AvgIpc) is 2.78. The van der Waals surface area contributed by atoms with Crippen LogP contribution in [0.5, 0.6) is 0 Å². The van der Waals surface area contributed by atoms with E-state index in [9.17, 15) is 4.79 Å². The van der Waals surface area contributed by atoms with Crippen LogP contribution in [-0.4, -0.2) is 25.2 Å². The zero-order chi connectivity index (χ0) is 12.3. The molecule has 0 aromatic carbocycles. The molecule has 3 unspecified atom stereocenters. The third-order valence-electron chi connectivity index (χ3n) is 4.48. The zero-order valence-corrected chi connectivity index (χ0v) is 11.1. The van der Waals surface area contributed by atoms with Crippen molar-refractivity contribution in [2.75, 3.05) is 13.1 Å². The van der Waals surface area contributed by atoms with Crippen LogP contribution in [0.3, 0.4) is 0 Å². The van der Waals surface area contributed by atoms with Crippen molar-refractivity contribution in [3.05, 3.63) is 0 Å². The summed E-state index contributed by atoms with van der Waals surface area (Å²) < 4.78 is 5.80. The van der Waals surface area contributed by atoms with E-state index in [-0.39, 0.29) is 17.5 Å². The molecule has 0 aromatic heterocycles. The summed E-state index contributed by atoms with van der Waals surface area (Å²) in [6.45, 7) is 5.94. The van der Waals surface area contributed by atoms with Gasteiger partial charge in [0, 0.05) is 6.54 Å². The Kier molecular flexibility index (Phi) is 4.08. The Bertz CT molecular complexity index is 271. The molecule has 1 N–H and O–H groups in total. The van der Waals surface area contributed by atoms with Crippen LogP contribution in [0.2, 0.25) is 0 Å². The van der Waals surface area contributed by atoms with E-state index in [1.54, 1.807) is 0 Å². The Labute approximate surface area is 104 Å². The number of carbonyl (C=O) groups is 1.